The third kappa shape index (κ3) is 2.77. The number of tetrazole rings is 1. The molecule has 1 aromatic rings. The molecule has 2 rings (SSSR count). The largest absolute Gasteiger partial charge is 0.481 e. The first-order valence-electron chi connectivity index (χ1n) is 5.40. The Morgan fingerprint density at radius 3 is 2.94 bits per heavy atom. The summed E-state index contributed by atoms with van der Waals surface area (Å²) in [5.41, 5.74) is 0. The Morgan fingerprint density at radius 1 is 1.47 bits per heavy atom. The second-order valence-corrected chi connectivity index (χ2v) is 4.06. The van der Waals surface area contributed by atoms with Crippen LogP contribution >= 0.6 is 0 Å². The van der Waals surface area contributed by atoms with Crippen molar-refractivity contribution in [3.8, 4) is 0 Å². The van der Waals surface area contributed by atoms with Crippen LogP contribution in [-0.4, -0.2) is 43.2 Å². The van der Waals surface area contributed by atoms with Crippen LogP contribution in [0.15, 0.2) is 6.33 Å². The van der Waals surface area contributed by atoms with Gasteiger partial charge in [-0.25, -0.2) is 4.68 Å². The van der Waals surface area contributed by atoms with Crippen molar-refractivity contribution in [2.24, 2.45) is 5.92 Å². The molecule has 1 heterocycles. The smallest absolute Gasteiger partial charge is 0.308 e. The highest BCUT2D eigenvalue weighted by Gasteiger charge is 2.33. The van der Waals surface area contributed by atoms with E-state index in [4.69, 9.17) is 5.11 Å². The molecule has 8 heteroatoms. The zero-order valence-corrected chi connectivity index (χ0v) is 9.11. The van der Waals surface area contributed by atoms with E-state index in [0.717, 1.165) is 6.42 Å². The van der Waals surface area contributed by atoms with Crippen molar-refractivity contribution in [2.45, 2.75) is 31.8 Å². The number of carbonyl (C=O) groups is 2. The van der Waals surface area contributed by atoms with Gasteiger partial charge in [0.25, 0.3) is 0 Å². The van der Waals surface area contributed by atoms with Crippen molar-refractivity contribution in [1.82, 2.24) is 25.5 Å². The molecule has 0 bridgehead atoms. The van der Waals surface area contributed by atoms with Crippen LogP contribution in [0.25, 0.3) is 0 Å². The topological polar surface area (TPSA) is 110 Å². The molecule has 1 aromatic heterocycles. The summed E-state index contributed by atoms with van der Waals surface area (Å²) >= 11 is 0. The Balaban J connectivity index is 1.88. The number of carboxylic acid groups (broad SMARTS) is 1. The van der Waals surface area contributed by atoms with Gasteiger partial charge in [0.2, 0.25) is 5.91 Å². The van der Waals surface area contributed by atoms with Crippen molar-refractivity contribution in [3.05, 3.63) is 6.33 Å². The Hall–Kier alpha value is -1.99. The van der Waals surface area contributed by atoms with Crippen LogP contribution in [0.5, 0.6) is 0 Å². The lowest BCUT2D eigenvalue weighted by Crippen LogP contribution is -2.41. The molecule has 0 spiro atoms. The fraction of sp³-hybridized carbons (Fsp3) is 0.667. The van der Waals surface area contributed by atoms with Crippen molar-refractivity contribution in [2.75, 3.05) is 0 Å². The SMILES string of the molecule is O=C(Cn1cnnn1)NC1CCCC1C(=O)O. The highest BCUT2D eigenvalue weighted by Crippen LogP contribution is 2.25. The highest BCUT2D eigenvalue weighted by molar-refractivity contribution is 5.78. The van der Waals surface area contributed by atoms with Crippen LogP contribution < -0.4 is 5.32 Å². The number of aromatic nitrogens is 4. The molecule has 1 aliphatic carbocycles. The first-order valence-corrected chi connectivity index (χ1v) is 5.40. The second kappa shape index (κ2) is 4.89. The molecule has 0 aromatic carbocycles. The minimum absolute atomic E-state index is 0.00976. The molecule has 1 amide bonds. The van der Waals surface area contributed by atoms with Gasteiger partial charge in [-0.1, -0.05) is 6.42 Å². The molecule has 1 fully saturated rings. The van der Waals surface area contributed by atoms with Crippen molar-refractivity contribution < 1.29 is 14.7 Å². The van der Waals surface area contributed by atoms with Crippen LogP contribution in [0.1, 0.15) is 19.3 Å². The predicted octanol–water partition coefficient (Wildman–Crippen LogP) is -0.957. The third-order valence-electron chi connectivity index (χ3n) is 2.88. The molecule has 17 heavy (non-hydrogen) atoms. The average Bonchev–Trinajstić information content (AvgIpc) is 2.88. The summed E-state index contributed by atoms with van der Waals surface area (Å²) < 4.78 is 1.29. The van der Waals surface area contributed by atoms with Crippen molar-refractivity contribution >= 4 is 11.9 Å². The first kappa shape index (κ1) is 11.5. The summed E-state index contributed by atoms with van der Waals surface area (Å²) in [6.45, 7) is 0.00976. The summed E-state index contributed by atoms with van der Waals surface area (Å²) in [7, 11) is 0. The Kier molecular flexibility index (Phi) is 3.31. The maximum Gasteiger partial charge on any atom is 0.308 e. The molecule has 1 aliphatic rings. The fourth-order valence-corrected chi connectivity index (χ4v) is 2.08. The van der Waals surface area contributed by atoms with Crippen LogP contribution in [0.3, 0.4) is 0 Å². The van der Waals surface area contributed by atoms with E-state index in [0.29, 0.717) is 12.8 Å². The molecule has 0 saturated heterocycles. The predicted molar refractivity (Wildman–Crippen MR) is 54.7 cm³/mol. The minimum Gasteiger partial charge on any atom is -0.481 e. The highest BCUT2D eigenvalue weighted by atomic mass is 16.4. The van der Waals surface area contributed by atoms with Crippen LogP contribution in [0.2, 0.25) is 0 Å². The lowest BCUT2D eigenvalue weighted by Gasteiger charge is -2.17. The molecule has 2 unspecified atom stereocenters. The lowest BCUT2D eigenvalue weighted by molar-refractivity contribution is -0.142. The minimum atomic E-state index is -0.852. The molecule has 92 valence electrons. The zero-order chi connectivity index (χ0) is 12.3. The second-order valence-electron chi connectivity index (χ2n) is 4.06. The maximum absolute atomic E-state index is 11.6. The van der Waals surface area contributed by atoms with Gasteiger partial charge in [-0.15, -0.1) is 5.10 Å². The van der Waals surface area contributed by atoms with E-state index in [-0.39, 0.29) is 18.5 Å². The van der Waals surface area contributed by atoms with E-state index in [9.17, 15) is 9.59 Å². The Bertz CT molecular complexity index is 405. The Morgan fingerprint density at radius 2 is 2.29 bits per heavy atom. The number of nitrogens with zero attached hydrogens (tertiary/aromatic N) is 4. The average molecular weight is 239 g/mol. The van der Waals surface area contributed by atoms with E-state index in [1.165, 1.54) is 11.0 Å². The van der Waals surface area contributed by atoms with E-state index in [1.807, 2.05) is 0 Å². The normalized spacial score (nSPS) is 23.5. The van der Waals surface area contributed by atoms with Gasteiger partial charge >= 0.3 is 5.97 Å². The lowest BCUT2D eigenvalue weighted by atomic mass is 10.0. The van der Waals surface area contributed by atoms with E-state index in [1.54, 1.807) is 0 Å². The van der Waals surface area contributed by atoms with Crippen molar-refractivity contribution in [1.29, 1.82) is 0 Å². The number of carboxylic acids is 1. The van der Waals surface area contributed by atoms with Gasteiger partial charge in [-0.05, 0) is 23.3 Å². The molecule has 0 radical (unpaired) electrons. The van der Waals surface area contributed by atoms with Crippen molar-refractivity contribution in [3.63, 3.8) is 0 Å². The number of nitrogens with one attached hydrogen (secondary N) is 1. The Labute approximate surface area is 97.0 Å². The van der Waals surface area contributed by atoms with Crippen LogP contribution in [0.4, 0.5) is 0 Å². The van der Waals surface area contributed by atoms with Gasteiger partial charge in [0.05, 0.1) is 5.92 Å². The first-order chi connectivity index (χ1) is 8.16. The summed E-state index contributed by atoms with van der Waals surface area (Å²) in [6, 6.07) is -0.281. The monoisotopic (exact) mass is 239 g/mol. The number of amides is 1. The molecule has 2 atom stereocenters. The van der Waals surface area contributed by atoms with Gasteiger partial charge in [-0.3, -0.25) is 9.59 Å². The van der Waals surface area contributed by atoms with Gasteiger partial charge in [0.1, 0.15) is 12.9 Å². The van der Waals surface area contributed by atoms with Crippen LogP contribution in [-0.2, 0) is 16.1 Å². The summed E-state index contributed by atoms with van der Waals surface area (Å²) in [6.07, 6.45) is 3.49. The molecular formula is C9H13N5O3. The summed E-state index contributed by atoms with van der Waals surface area (Å²) in [5, 5.41) is 22.1. The number of carbonyl (C=O) groups excluding carboxylic acids is 1. The third-order valence-corrected chi connectivity index (χ3v) is 2.88. The van der Waals surface area contributed by atoms with E-state index in [2.05, 4.69) is 20.8 Å². The summed E-state index contributed by atoms with van der Waals surface area (Å²) in [4.78, 5) is 22.5. The number of aliphatic carboxylic acids is 1. The quantitative estimate of drug-likeness (QED) is 0.700. The fourth-order valence-electron chi connectivity index (χ4n) is 2.08. The van der Waals surface area contributed by atoms with E-state index < -0.39 is 11.9 Å². The van der Waals surface area contributed by atoms with Gasteiger partial charge in [0, 0.05) is 6.04 Å². The zero-order valence-electron chi connectivity index (χ0n) is 9.11. The van der Waals surface area contributed by atoms with Crippen LogP contribution in [0, 0.1) is 5.92 Å². The standard InChI is InChI=1S/C9H13N5O3/c15-8(4-14-5-10-12-13-14)11-7-3-1-2-6(7)9(16)17/h5-7H,1-4H2,(H,11,15)(H,16,17). The number of hydrogen-bond acceptors (Lipinski definition) is 5. The number of hydrogen-bond donors (Lipinski definition) is 2. The molecule has 8 nitrogen and oxygen atoms in total. The van der Waals surface area contributed by atoms with Gasteiger partial charge < -0.3 is 10.4 Å². The number of rotatable bonds is 4. The maximum atomic E-state index is 11.6. The summed E-state index contributed by atoms with van der Waals surface area (Å²) in [5.74, 6) is -1.60. The van der Waals surface area contributed by atoms with E-state index >= 15 is 0 Å². The van der Waals surface area contributed by atoms with Gasteiger partial charge in [-0.2, -0.15) is 0 Å². The van der Waals surface area contributed by atoms with Gasteiger partial charge in [0.15, 0.2) is 0 Å². The molecule has 2 N–H and O–H groups in total. The molecular weight excluding hydrogens is 226 g/mol. The molecule has 0 aliphatic heterocycles. The molecule has 1 saturated carbocycles.